The van der Waals surface area contributed by atoms with E-state index in [1.165, 1.54) is 0 Å². The second kappa shape index (κ2) is 7.18. The fourth-order valence-corrected chi connectivity index (χ4v) is 3.34. The Morgan fingerprint density at radius 3 is 2.85 bits per heavy atom. The van der Waals surface area contributed by atoms with Crippen molar-refractivity contribution in [2.24, 2.45) is 5.92 Å². The number of fused-ring (bicyclic) bond motifs is 1. The topological polar surface area (TPSA) is 115 Å². The van der Waals surface area contributed by atoms with Gasteiger partial charge >= 0.3 is 5.97 Å². The van der Waals surface area contributed by atoms with Crippen LogP contribution in [0.2, 0.25) is 0 Å². The largest absolute Gasteiger partial charge is 0.494 e. The van der Waals surface area contributed by atoms with E-state index in [9.17, 15) is 4.79 Å². The van der Waals surface area contributed by atoms with E-state index >= 15 is 0 Å². The highest BCUT2D eigenvalue weighted by molar-refractivity contribution is 5.72. The highest BCUT2D eigenvalue weighted by Gasteiger charge is 2.30. The molecule has 0 aliphatic heterocycles. The van der Waals surface area contributed by atoms with Crippen molar-refractivity contribution in [1.82, 2.24) is 25.0 Å². The van der Waals surface area contributed by atoms with Crippen LogP contribution >= 0.6 is 0 Å². The molecule has 2 heterocycles. The average molecular weight is 368 g/mol. The highest BCUT2D eigenvalue weighted by Crippen LogP contribution is 2.28. The van der Waals surface area contributed by atoms with Gasteiger partial charge in [0.15, 0.2) is 11.2 Å². The molecule has 140 valence electrons. The number of nitrogens with zero attached hydrogens (tertiary/aromatic N) is 5. The van der Waals surface area contributed by atoms with Crippen LogP contribution in [0.25, 0.3) is 16.9 Å². The number of carboxylic acids is 1. The fraction of sp³-hybridized carbons (Fsp3) is 0.389. The van der Waals surface area contributed by atoms with E-state index in [0.29, 0.717) is 36.6 Å². The normalized spacial score (nSPS) is 19.3. The van der Waals surface area contributed by atoms with Crippen molar-refractivity contribution >= 4 is 23.1 Å². The maximum Gasteiger partial charge on any atom is 0.306 e. The number of benzene rings is 1. The third kappa shape index (κ3) is 3.53. The lowest BCUT2D eigenvalue weighted by molar-refractivity contribution is -0.141. The number of ether oxygens (including phenoxy) is 1. The first-order valence-corrected chi connectivity index (χ1v) is 8.95. The van der Waals surface area contributed by atoms with Gasteiger partial charge in [-0.25, -0.2) is 4.98 Å². The van der Waals surface area contributed by atoms with Gasteiger partial charge in [0, 0.05) is 6.04 Å². The zero-order valence-electron chi connectivity index (χ0n) is 14.9. The first-order chi connectivity index (χ1) is 13.1. The summed E-state index contributed by atoms with van der Waals surface area (Å²) in [5.41, 5.74) is 1.99. The molecule has 0 amide bonds. The Kier molecular flexibility index (Phi) is 4.57. The molecule has 1 aromatic carbocycles. The van der Waals surface area contributed by atoms with Crippen LogP contribution in [-0.4, -0.2) is 48.7 Å². The van der Waals surface area contributed by atoms with E-state index in [4.69, 9.17) is 9.84 Å². The fourth-order valence-electron chi connectivity index (χ4n) is 3.34. The average Bonchev–Trinajstić information content (AvgIpc) is 3.30. The van der Waals surface area contributed by atoms with Gasteiger partial charge in [-0.15, -0.1) is 5.10 Å². The summed E-state index contributed by atoms with van der Waals surface area (Å²) in [7, 11) is 0. The summed E-state index contributed by atoms with van der Waals surface area (Å²) in [5, 5.41) is 20.7. The third-order valence-corrected chi connectivity index (χ3v) is 4.70. The molecule has 4 rings (SSSR count). The molecule has 1 saturated carbocycles. The Morgan fingerprint density at radius 2 is 2.15 bits per heavy atom. The molecule has 9 nitrogen and oxygen atoms in total. The zero-order chi connectivity index (χ0) is 18.8. The third-order valence-electron chi connectivity index (χ3n) is 4.70. The molecule has 0 radical (unpaired) electrons. The van der Waals surface area contributed by atoms with Crippen molar-refractivity contribution in [2.45, 2.75) is 32.2 Å². The molecule has 3 aromatic rings. The number of anilines is 1. The van der Waals surface area contributed by atoms with Crippen LogP contribution in [0, 0.1) is 5.92 Å². The van der Waals surface area contributed by atoms with Crippen molar-refractivity contribution in [3.8, 4) is 11.4 Å². The molecule has 27 heavy (non-hydrogen) atoms. The number of hydrogen-bond acceptors (Lipinski definition) is 7. The molecule has 9 heteroatoms. The predicted molar refractivity (Wildman–Crippen MR) is 98.0 cm³/mol. The minimum absolute atomic E-state index is 0.0540. The van der Waals surface area contributed by atoms with E-state index in [0.717, 1.165) is 17.9 Å². The lowest BCUT2D eigenvalue weighted by atomic mass is 10.1. The van der Waals surface area contributed by atoms with Crippen LogP contribution in [0.4, 0.5) is 5.95 Å². The summed E-state index contributed by atoms with van der Waals surface area (Å²) < 4.78 is 7.11. The number of aliphatic carboxylic acids is 1. The van der Waals surface area contributed by atoms with Gasteiger partial charge in [0.25, 0.3) is 0 Å². The molecule has 1 fully saturated rings. The number of carboxylic acid groups (broad SMARTS) is 1. The Hall–Kier alpha value is -3.23. The van der Waals surface area contributed by atoms with Crippen molar-refractivity contribution in [2.75, 3.05) is 11.9 Å². The molecular weight excluding hydrogens is 348 g/mol. The molecule has 1 aliphatic rings. The number of rotatable bonds is 6. The summed E-state index contributed by atoms with van der Waals surface area (Å²) in [6, 6.07) is 7.58. The molecule has 0 bridgehead atoms. The van der Waals surface area contributed by atoms with Crippen molar-refractivity contribution in [3.05, 3.63) is 30.5 Å². The zero-order valence-corrected chi connectivity index (χ0v) is 14.9. The molecule has 2 N–H and O–H groups in total. The van der Waals surface area contributed by atoms with Crippen LogP contribution in [0.5, 0.6) is 5.75 Å². The van der Waals surface area contributed by atoms with Gasteiger partial charge in [-0.05, 0) is 50.5 Å². The first-order valence-electron chi connectivity index (χ1n) is 8.95. The first kappa shape index (κ1) is 17.2. The molecular formula is C18H20N6O3. The standard InChI is InChI=1S/C18H20N6O3/c1-2-27-14-7-5-13(6-8-14)24-16-15(22-23-24)10-19-18(21-16)20-12-4-3-11(9-12)17(25)26/h5-8,10-12H,2-4,9H2,1H3,(H,25,26)(H,19,20,21). The van der Waals surface area contributed by atoms with Gasteiger partial charge in [-0.3, -0.25) is 4.79 Å². The van der Waals surface area contributed by atoms with E-state index in [-0.39, 0.29) is 12.0 Å². The van der Waals surface area contributed by atoms with Crippen molar-refractivity contribution in [3.63, 3.8) is 0 Å². The molecule has 2 unspecified atom stereocenters. The number of carbonyl (C=O) groups is 1. The van der Waals surface area contributed by atoms with E-state index in [2.05, 4.69) is 25.6 Å². The summed E-state index contributed by atoms with van der Waals surface area (Å²) in [4.78, 5) is 19.9. The Morgan fingerprint density at radius 1 is 1.33 bits per heavy atom. The summed E-state index contributed by atoms with van der Waals surface area (Å²) in [5.74, 6) is 0.195. The van der Waals surface area contributed by atoms with E-state index in [1.807, 2.05) is 31.2 Å². The Bertz CT molecular complexity index is 955. The molecule has 2 atom stereocenters. The summed E-state index contributed by atoms with van der Waals surface area (Å²) in [6.45, 7) is 2.55. The second-order valence-corrected chi connectivity index (χ2v) is 6.52. The number of nitrogens with one attached hydrogen (secondary N) is 1. The van der Waals surface area contributed by atoms with E-state index in [1.54, 1.807) is 10.9 Å². The maximum atomic E-state index is 11.1. The van der Waals surface area contributed by atoms with Gasteiger partial charge in [0.05, 0.1) is 24.4 Å². The Labute approximate surface area is 155 Å². The quantitative estimate of drug-likeness (QED) is 0.681. The van der Waals surface area contributed by atoms with Crippen molar-refractivity contribution < 1.29 is 14.6 Å². The monoisotopic (exact) mass is 368 g/mol. The van der Waals surface area contributed by atoms with Crippen LogP contribution in [0.3, 0.4) is 0 Å². The van der Waals surface area contributed by atoms with E-state index < -0.39 is 5.97 Å². The highest BCUT2D eigenvalue weighted by atomic mass is 16.5. The smallest absolute Gasteiger partial charge is 0.306 e. The predicted octanol–water partition coefficient (Wildman–Crippen LogP) is 2.27. The maximum absolute atomic E-state index is 11.1. The van der Waals surface area contributed by atoms with Crippen LogP contribution in [0.1, 0.15) is 26.2 Å². The lowest BCUT2D eigenvalue weighted by Crippen LogP contribution is -2.19. The summed E-state index contributed by atoms with van der Waals surface area (Å²) in [6.07, 6.45) is 3.65. The van der Waals surface area contributed by atoms with Gasteiger partial charge in [0.2, 0.25) is 5.95 Å². The molecule has 1 aliphatic carbocycles. The molecule has 0 saturated heterocycles. The molecule has 0 spiro atoms. The van der Waals surface area contributed by atoms with Gasteiger partial charge in [-0.1, -0.05) is 5.21 Å². The van der Waals surface area contributed by atoms with Crippen LogP contribution in [-0.2, 0) is 4.79 Å². The van der Waals surface area contributed by atoms with Gasteiger partial charge in [-0.2, -0.15) is 9.67 Å². The second-order valence-electron chi connectivity index (χ2n) is 6.52. The minimum atomic E-state index is -0.742. The minimum Gasteiger partial charge on any atom is -0.494 e. The van der Waals surface area contributed by atoms with Crippen LogP contribution in [0.15, 0.2) is 30.5 Å². The SMILES string of the molecule is CCOc1ccc(-n2nnc3cnc(NC4CCC(C(=O)O)C4)nc32)cc1. The number of aromatic nitrogens is 5. The summed E-state index contributed by atoms with van der Waals surface area (Å²) >= 11 is 0. The van der Waals surface area contributed by atoms with Gasteiger partial charge < -0.3 is 15.2 Å². The Balaban J connectivity index is 1.57. The molecule has 2 aromatic heterocycles. The number of hydrogen-bond donors (Lipinski definition) is 2. The van der Waals surface area contributed by atoms with Crippen LogP contribution < -0.4 is 10.1 Å². The van der Waals surface area contributed by atoms with Gasteiger partial charge in [0.1, 0.15) is 5.75 Å². The lowest BCUT2D eigenvalue weighted by Gasteiger charge is -2.12. The van der Waals surface area contributed by atoms with Crippen molar-refractivity contribution in [1.29, 1.82) is 0 Å².